The molecule has 0 saturated carbocycles. The third kappa shape index (κ3) is 3.16. The van der Waals surface area contributed by atoms with Crippen LogP contribution in [0.15, 0.2) is 18.2 Å². The molecule has 0 aliphatic rings. The number of hydrogen-bond donors (Lipinski definition) is 1. The normalized spacial score (nSPS) is 11.4. The fraction of sp³-hybridized carbons (Fsp3) is 0.600. The van der Waals surface area contributed by atoms with Gasteiger partial charge in [-0.05, 0) is 45.0 Å². The van der Waals surface area contributed by atoms with Gasteiger partial charge >= 0.3 is 0 Å². The highest BCUT2D eigenvalue weighted by Gasteiger charge is 2.25. The smallest absolute Gasteiger partial charge is 0.142 e. The first-order valence-corrected chi connectivity index (χ1v) is 6.51. The molecule has 0 radical (unpaired) electrons. The van der Waals surface area contributed by atoms with Crippen molar-refractivity contribution in [2.75, 3.05) is 32.6 Å². The van der Waals surface area contributed by atoms with E-state index in [-0.39, 0.29) is 5.54 Å². The van der Waals surface area contributed by atoms with E-state index in [1.54, 1.807) is 7.11 Å². The largest absolute Gasteiger partial charge is 0.495 e. The summed E-state index contributed by atoms with van der Waals surface area (Å²) in [6.45, 7) is 7.54. The molecular weight excluding hydrogens is 224 g/mol. The predicted molar refractivity (Wildman–Crippen MR) is 78.8 cm³/mol. The van der Waals surface area contributed by atoms with Gasteiger partial charge in [0.2, 0.25) is 0 Å². The molecule has 3 nitrogen and oxygen atoms in total. The third-order valence-corrected chi connectivity index (χ3v) is 3.53. The van der Waals surface area contributed by atoms with E-state index in [4.69, 9.17) is 4.74 Å². The Morgan fingerprint density at radius 2 is 2.00 bits per heavy atom. The number of anilines is 1. The molecule has 0 aliphatic carbocycles. The molecule has 0 amide bonds. The Labute approximate surface area is 111 Å². The zero-order valence-corrected chi connectivity index (χ0v) is 12.5. The second-order valence-electron chi connectivity index (χ2n) is 5.26. The zero-order chi connectivity index (χ0) is 13.8. The number of methoxy groups -OCH3 is 1. The summed E-state index contributed by atoms with van der Waals surface area (Å²) in [4.78, 5) is 2.28. The maximum absolute atomic E-state index is 5.48. The molecule has 1 aromatic rings. The number of nitrogens with zero attached hydrogens (tertiary/aromatic N) is 1. The minimum absolute atomic E-state index is 0.0361. The number of hydrogen-bond acceptors (Lipinski definition) is 3. The van der Waals surface area contributed by atoms with E-state index in [1.165, 1.54) is 5.56 Å². The molecule has 0 bridgehead atoms. The van der Waals surface area contributed by atoms with Crippen LogP contribution in [0.25, 0.3) is 0 Å². The number of benzene rings is 1. The SMILES string of the molecule is CCc1ccc(OC)c(N(C)C(C)(C)CNC)c1. The molecule has 102 valence electrons. The molecule has 0 heterocycles. The van der Waals surface area contributed by atoms with E-state index in [9.17, 15) is 0 Å². The summed E-state index contributed by atoms with van der Waals surface area (Å²) in [6.07, 6.45) is 1.04. The minimum atomic E-state index is 0.0361. The van der Waals surface area contributed by atoms with Gasteiger partial charge in [-0.1, -0.05) is 13.0 Å². The number of rotatable bonds is 6. The Bertz CT molecular complexity index is 388. The predicted octanol–water partition coefficient (Wildman–Crippen LogP) is 2.69. The van der Waals surface area contributed by atoms with Gasteiger partial charge in [0.25, 0.3) is 0 Å². The second-order valence-corrected chi connectivity index (χ2v) is 5.26. The van der Waals surface area contributed by atoms with Gasteiger partial charge in [-0.15, -0.1) is 0 Å². The van der Waals surface area contributed by atoms with Crippen LogP contribution in [0.3, 0.4) is 0 Å². The lowest BCUT2D eigenvalue weighted by molar-refractivity contribution is 0.405. The van der Waals surface area contributed by atoms with Crippen molar-refractivity contribution in [3.05, 3.63) is 23.8 Å². The third-order valence-electron chi connectivity index (χ3n) is 3.53. The van der Waals surface area contributed by atoms with Crippen molar-refractivity contribution in [3.63, 3.8) is 0 Å². The van der Waals surface area contributed by atoms with Crippen molar-refractivity contribution in [3.8, 4) is 5.75 Å². The van der Waals surface area contributed by atoms with Gasteiger partial charge in [0, 0.05) is 19.1 Å². The summed E-state index contributed by atoms with van der Waals surface area (Å²) in [5.74, 6) is 0.930. The molecule has 0 saturated heterocycles. The van der Waals surface area contributed by atoms with Gasteiger partial charge in [0.05, 0.1) is 12.8 Å². The summed E-state index contributed by atoms with van der Waals surface area (Å²) in [5.41, 5.74) is 2.52. The van der Waals surface area contributed by atoms with Crippen LogP contribution >= 0.6 is 0 Å². The van der Waals surface area contributed by atoms with Crippen molar-refractivity contribution in [2.24, 2.45) is 0 Å². The topological polar surface area (TPSA) is 24.5 Å². The number of nitrogens with one attached hydrogen (secondary N) is 1. The van der Waals surface area contributed by atoms with Crippen LogP contribution in [0.5, 0.6) is 5.75 Å². The lowest BCUT2D eigenvalue weighted by Gasteiger charge is -2.38. The van der Waals surface area contributed by atoms with Gasteiger partial charge in [-0.3, -0.25) is 0 Å². The lowest BCUT2D eigenvalue weighted by atomic mass is 10.0. The summed E-state index contributed by atoms with van der Waals surface area (Å²) in [6, 6.07) is 6.40. The van der Waals surface area contributed by atoms with E-state index in [1.807, 2.05) is 7.05 Å². The zero-order valence-electron chi connectivity index (χ0n) is 12.5. The molecule has 1 rings (SSSR count). The quantitative estimate of drug-likeness (QED) is 0.840. The molecule has 1 aromatic carbocycles. The summed E-state index contributed by atoms with van der Waals surface area (Å²) < 4.78 is 5.48. The van der Waals surface area contributed by atoms with Crippen LogP contribution in [0, 0.1) is 0 Å². The molecule has 0 aliphatic heterocycles. The molecule has 18 heavy (non-hydrogen) atoms. The first-order chi connectivity index (χ1) is 8.46. The Hall–Kier alpha value is -1.22. The van der Waals surface area contributed by atoms with Crippen LogP contribution in [0.1, 0.15) is 26.3 Å². The van der Waals surface area contributed by atoms with Crippen molar-refractivity contribution in [1.29, 1.82) is 0 Å². The summed E-state index contributed by atoms with van der Waals surface area (Å²) in [7, 11) is 5.83. The fourth-order valence-electron chi connectivity index (χ4n) is 2.09. The van der Waals surface area contributed by atoms with Crippen molar-refractivity contribution in [1.82, 2.24) is 5.32 Å². The molecular formula is C15H26N2O. The van der Waals surface area contributed by atoms with Gasteiger partial charge in [0.15, 0.2) is 0 Å². The van der Waals surface area contributed by atoms with Crippen LogP contribution in [0.4, 0.5) is 5.69 Å². The van der Waals surface area contributed by atoms with Gasteiger partial charge in [-0.25, -0.2) is 0 Å². The Morgan fingerprint density at radius 3 is 2.50 bits per heavy atom. The van der Waals surface area contributed by atoms with Gasteiger partial charge < -0.3 is 15.0 Å². The molecule has 0 fully saturated rings. The van der Waals surface area contributed by atoms with E-state index in [0.29, 0.717) is 0 Å². The van der Waals surface area contributed by atoms with Gasteiger partial charge in [0.1, 0.15) is 5.75 Å². The van der Waals surface area contributed by atoms with Crippen molar-refractivity contribution < 1.29 is 4.74 Å². The second kappa shape index (κ2) is 6.10. The van der Waals surface area contributed by atoms with E-state index < -0.39 is 0 Å². The average Bonchev–Trinajstić information content (AvgIpc) is 2.37. The fourth-order valence-corrected chi connectivity index (χ4v) is 2.09. The van der Waals surface area contributed by atoms with Crippen LogP contribution in [0.2, 0.25) is 0 Å². The lowest BCUT2D eigenvalue weighted by Crippen LogP contribution is -2.48. The van der Waals surface area contributed by atoms with E-state index in [0.717, 1.165) is 24.4 Å². The van der Waals surface area contributed by atoms with Gasteiger partial charge in [-0.2, -0.15) is 0 Å². The summed E-state index contributed by atoms with van der Waals surface area (Å²) in [5, 5.41) is 3.24. The van der Waals surface area contributed by atoms with Crippen LogP contribution in [-0.2, 0) is 6.42 Å². The number of aryl methyl sites for hydroxylation is 1. The highest BCUT2D eigenvalue weighted by molar-refractivity contribution is 5.61. The average molecular weight is 250 g/mol. The highest BCUT2D eigenvalue weighted by atomic mass is 16.5. The first kappa shape index (κ1) is 14.8. The maximum atomic E-state index is 5.48. The minimum Gasteiger partial charge on any atom is -0.495 e. The molecule has 0 atom stereocenters. The Kier molecular flexibility index (Phi) is 5.03. The standard InChI is InChI=1S/C15H26N2O/c1-7-12-8-9-14(18-6)13(10-12)17(5)15(2,3)11-16-4/h8-10,16H,7,11H2,1-6H3. The van der Waals surface area contributed by atoms with E-state index in [2.05, 4.69) is 56.2 Å². The molecule has 1 N–H and O–H groups in total. The van der Waals surface area contributed by atoms with E-state index >= 15 is 0 Å². The Morgan fingerprint density at radius 1 is 1.33 bits per heavy atom. The summed E-state index contributed by atoms with van der Waals surface area (Å²) >= 11 is 0. The monoisotopic (exact) mass is 250 g/mol. The molecule has 3 heteroatoms. The number of ether oxygens (including phenoxy) is 1. The maximum Gasteiger partial charge on any atom is 0.142 e. The molecule has 0 unspecified atom stereocenters. The van der Waals surface area contributed by atoms with Crippen LogP contribution in [-0.4, -0.2) is 33.3 Å². The first-order valence-electron chi connectivity index (χ1n) is 6.51. The Balaban J connectivity index is 3.13. The van der Waals surface area contributed by atoms with Crippen molar-refractivity contribution >= 4 is 5.69 Å². The molecule has 0 aromatic heterocycles. The van der Waals surface area contributed by atoms with Crippen LogP contribution < -0.4 is 15.0 Å². The number of likely N-dealkylation sites (N-methyl/N-ethyl adjacent to an activating group) is 2. The molecule has 0 spiro atoms. The van der Waals surface area contributed by atoms with Crippen molar-refractivity contribution in [2.45, 2.75) is 32.7 Å². The highest BCUT2D eigenvalue weighted by Crippen LogP contribution is 2.32.